The van der Waals surface area contributed by atoms with Crippen LogP contribution in [0.2, 0.25) is 0 Å². The maximum atomic E-state index is 12.2. The summed E-state index contributed by atoms with van der Waals surface area (Å²) in [6.45, 7) is 3.81. The van der Waals surface area contributed by atoms with Crippen molar-refractivity contribution in [2.24, 2.45) is 10.9 Å². The van der Waals surface area contributed by atoms with Crippen molar-refractivity contribution in [2.75, 3.05) is 39.2 Å². The minimum Gasteiger partial charge on any atom is -0.493 e. The number of benzene rings is 1. The lowest BCUT2D eigenvalue weighted by Gasteiger charge is -2.20. The van der Waals surface area contributed by atoms with Crippen molar-refractivity contribution in [3.05, 3.63) is 18.2 Å². The Hall–Kier alpha value is -2.44. The number of amides is 1. The minimum atomic E-state index is 0.169. The van der Waals surface area contributed by atoms with Gasteiger partial charge in [0.25, 0.3) is 0 Å². The summed E-state index contributed by atoms with van der Waals surface area (Å²) in [5.41, 5.74) is 0.846. The van der Waals surface area contributed by atoms with Gasteiger partial charge in [-0.1, -0.05) is 19.3 Å². The minimum absolute atomic E-state index is 0.169. The van der Waals surface area contributed by atoms with Crippen LogP contribution in [-0.2, 0) is 4.79 Å². The fourth-order valence-corrected chi connectivity index (χ4v) is 3.21. The van der Waals surface area contributed by atoms with Gasteiger partial charge in [0.05, 0.1) is 20.8 Å². The third kappa shape index (κ3) is 6.66. The molecule has 7 heteroatoms. The Morgan fingerprint density at radius 3 is 2.52 bits per heavy atom. The highest BCUT2D eigenvalue weighted by molar-refractivity contribution is 5.94. The normalized spacial score (nSPS) is 15.1. The third-order valence-corrected chi connectivity index (χ3v) is 4.65. The van der Waals surface area contributed by atoms with Gasteiger partial charge in [-0.3, -0.25) is 9.79 Å². The molecule has 27 heavy (non-hydrogen) atoms. The SMILES string of the molecule is CCNC(=NCCNC(=O)C1CCCCC1)Nc1ccc(OC)c(OC)c1. The van der Waals surface area contributed by atoms with E-state index in [1.165, 1.54) is 6.42 Å². The zero-order valence-corrected chi connectivity index (χ0v) is 16.6. The van der Waals surface area contributed by atoms with Crippen LogP contribution in [-0.4, -0.2) is 45.7 Å². The lowest BCUT2D eigenvalue weighted by atomic mass is 9.89. The number of carbonyl (C=O) groups is 1. The highest BCUT2D eigenvalue weighted by Crippen LogP contribution is 2.29. The molecule has 0 aromatic heterocycles. The van der Waals surface area contributed by atoms with Crippen LogP contribution in [0.5, 0.6) is 11.5 Å². The summed E-state index contributed by atoms with van der Waals surface area (Å²) in [6, 6.07) is 5.60. The first-order valence-corrected chi connectivity index (χ1v) is 9.73. The molecule has 150 valence electrons. The molecule has 3 N–H and O–H groups in total. The maximum absolute atomic E-state index is 12.2. The molecular weight excluding hydrogens is 344 g/mol. The summed E-state index contributed by atoms with van der Waals surface area (Å²) < 4.78 is 10.6. The van der Waals surface area contributed by atoms with E-state index < -0.39 is 0 Å². The number of hydrogen-bond donors (Lipinski definition) is 3. The molecule has 1 aromatic rings. The quantitative estimate of drug-likeness (QED) is 0.369. The predicted octanol–water partition coefficient (Wildman–Crippen LogP) is 2.78. The molecule has 1 saturated carbocycles. The Kier molecular flexibility index (Phi) is 8.74. The van der Waals surface area contributed by atoms with Crippen molar-refractivity contribution in [1.82, 2.24) is 10.6 Å². The van der Waals surface area contributed by atoms with Crippen LogP contribution >= 0.6 is 0 Å². The molecule has 1 aliphatic rings. The lowest BCUT2D eigenvalue weighted by Crippen LogP contribution is -2.35. The van der Waals surface area contributed by atoms with Crippen LogP contribution in [0.4, 0.5) is 5.69 Å². The van der Waals surface area contributed by atoms with E-state index in [0.717, 1.165) is 37.9 Å². The van der Waals surface area contributed by atoms with E-state index in [0.29, 0.717) is 30.5 Å². The Morgan fingerprint density at radius 2 is 1.85 bits per heavy atom. The molecular formula is C20H32N4O3. The number of hydrogen-bond acceptors (Lipinski definition) is 4. The van der Waals surface area contributed by atoms with E-state index in [9.17, 15) is 4.79 Å². The van der Waals surface area contributed by atoms with Crippen molar-refractivity contribution >= 4 is 17.6 Å². The Bertz CT molecular complexity index is 628. The molecule has 0 radical (unpaired) electrons. The molecule has 0 unspecified atom stereocenters. The second-order valence-electron chi connectivity index (χ2n) is 6.58. The predicted molar refractivity (Wildman–Crippen MR) is 109 cm³/mol. The highest BCUT2D eigenvalue weighted by atomic mass is 16.5. The number of carbonyl (C=O) groups excluding carboxylic acids is 1. The molecule has 2 rings (SSSR count). The first-order chi connectivity index (χ1) is 13.2. The summed E-state index contributed by atoms with van der Waals surface area (Å²) in [5, 5.41) is 9.46. The molecule has 0 aliphatic heterocycles. The number of anilines is 1. The molecule has 1 aromatic carbocycles. The summed E-state index contributed by atoms with van der Waals surface area (Å²) >= 11 is 0. The number of nitrogens with zero attached hydrogens (tertiary/aromatic N) is 1. The van der Waals surface area contributed by atoms with Gasteiger partial charge >= 0.3 is 0 Å². The van der Waals surface area contributed by atoms with Crippen LogP contribution in [0.25, 0.3) is 0 Å². The monoisotopic (exact) mass is 376 g/mol. The number of methoxy groups -OCH3 is 2. The van der Waals surface area contributed by atoms with E-state index >= 15 is 0 Å². The summed E-state index contributed by atoms with van der Waals surface area (Å²) in [6.07, 6.45) is 5.60. The van der Waals surface area contributed by atoms with Crippen LogP contribution in [0, 0.1) is 5.92 Å². The molecule has 0 spiro atoms. The van der Waals surface area contributed by atoms with Gasteiger partial charge < -0.3 is 25.4 Å². The fraction of sp³-hybridized carbons (Fsp3) is 0.600. The number of guanidine groups is 1. The Balaban J connectivity index is 1.87. The molecule has 0 atom stereocenters. The topological polar surface area (TPSA) is 84.0 Å². The molecule has 7 nitrogen and oxygen atoms in total. The van der Waals surface area contributed by atoms with Gasteiger partial charge in [-0.2, -0.15) is 0 Å². The number of nitrogens with one attached hydrogen (secondary N) is 3. The van der Waals surface area contributed by atoms with Gasteiger partial charge in [-0.15, -0.1) is 0 Å². The first-order valence-electron chi connectivity index (χ1n) is 9.73. The molecule has 0 saturated heterocycles. The number of aliphatic imine (C=N–C) groups is 1. The Morgan fingerprint density at radius 1 is 1.11 bits per heavy atom. The second-order valence-corrected chi connectivity index (χ2v) is 6.58. The van der Waals surface area contributed by atoms with Crippen molar-refractivity contribution in [2.45, 2.75) is 39.0 Å². The maximum Gasteiger partial charge on any atom is 0.223 e. The van der Waals surface area contributed by atoms with Crippen molar-refractivity contribution in [1.29, 1.82) is 0 Å². The summed E-state index contributed by atoms with van der Waals surface area (Å²) in [5.74, 6) is 2.34. The van der Waals surface area contributed by atoms with Crippen molar-refractivity contribution in [3.8, 4) is 11.5 Å². The molecule has 0 heterocycles. The van der Waals surface area contributed by atoms with E-state index in [1.54, 1.807) is 14.2 Å². The van der Waals surface area contributed by atoms with Crippen LogP contribution in [0.15, 0.2) is 23.2 Å². The van der Waals surface area contributed by atoms with Crippen LogP contribution in [0.3, 0.4) is 0 Å². The highest BCUT2D eigenvalue weighted by Gasteiger charge is 2.20. The molecule has 1 aliphatic carbocycles. The van der Waals surface area contributed by atoms with Gasteiger partial charge in [0.15, 0.2) is 17.5 Å². The zero-order chi connectivity index (χ0) is 19.5. The van der Waals surface area contributed by atoms with Crippen molar-refractivity contribution in [3.63, 3.8) is 0 Å². The average Bonchev–Trinajstić information content (AvgIpc) is 2.71. The van der Waals surface area contributed by atoms with E-state index in [2.05, 4.69) is 20.9 Å². The first kappa shape index (κ1) is 20.9. The molecule has 1 fully saturated rings. The van der Waals surface area contributed by atoms with Crippen LogP contribution < -0.4 is 25.4 Å². The number of ether oxygens (including phenoxy) is 2. The number of rotatable bonds is 8. The smallest absolute Gasteiger partial charge is 0.223 e. The van der Waals surface area contributed by atoms with Gasteiger partial charge in [0.2, 0.25) is 5.91 Å². The van der Waals surface area contributed by atoms with Gasteiger partial charge in [0.1, 0.15) is 0 Å². The summed E-state index contributed by atoms with van der Waals surface area (Å²) in [7, 11) is 3.22. The largest absolute Gasteiger partial charge is 0.493 e. The zero-order valence-electron chi connectivity index (χ0n) is 16.6. The standard InChI is InChI=1S/C20H32N4O3/c1-4-21-20(24-16-10-11-17(26-2)18(14-16)27-3)23-13-12-22-19(25)15-8-6-5-7-9-15/h10-11,14-15H,4-9,12-13H2,1-3H3,(H,22,25)(H2,21,23,24). The van der Waals surface area contributed by atoms with Gasteiger partial charge in [0, 0.05) is 30.8 Å². The lowest BCUT2D eigenvalue weighted by molar-refractivity contribution is -0.125. The van der Waals surface area contributed by atoms with E-state index in [1.807, 2.05) is 25.1 Å². The third-order valence-electron chi connectivity index (χ3n) is 4.65. The van der Waals surface area contributed by atoms with Gasteiger partial charge in [-0.05, 0) is 31.9 Å². The molecule has 1 amide bonds. The van der Waals surface area contributed by atoms with Gasteiger partial charge in [-0.25, -0.2) is 0 Å². The van der Waals surface area contributed by atoms with Crippen LogP contribution in [0.1, 0.15) is 39.0 Å². The van der Waals surface area contributed by atoms with Crippen molar-refractivity contribution < 1.29 is 14.3 Å². The fourth-order valence-electron chi connectivity index (χ4n) is 3.21. The summed E-state index contributed by atoms with van der Waals surface area (Å²) in [4.78, 5) is 16.7. The average molecular weight is 377 g/mol. The van der Waals surface area contributed by atoms with E-state index in [4.69, 9.17) is 9.47 Å². The second kappa shape index (κ2) is 11.3. The molecule has 0 bridgehead atoms. The Labute approximate surface area is 161 Å². The van der Waals surface area contributed by atoms with E-state index in [-0.39, 0.29) is 11.8 Å².